The lowest BCUT2D eigenvalue weighted by Crippen LogP contribution is -2.32. The Bertz CT molecular complexity index is 350. The van der Waals surface area contributed by atoms with E-state index in [0.717, 1.165) is 12.4 Å². The topological polar surface area (TPSA) is 71.2 Å². The lowest BCUT2D eigenvalue weighted by atomic mass is 10.1. The molecule has 16 heavy (non-hydrogen) atoms. The molecule has 6 heteroatoms. The van der Waals surface area contributed by atoms with Gasteiger partial charge in [0.05, 0.1) is 12.5 Å². The Morgan fingerprint density at radius 1 is 1.69 bits per heavy atom. The normalized spacial score (nSPS) is 13.0. The molecule has 1 aromatic rings. The third-order valence-electron chi connectivity index (χ3n) is 2.57. The van der Waals surface area contributed by atoms with Gasteiger partial charge in [-0.15, -0.1) is 0 Å². The SMILES string of the molecule is CCN(Cc1ncnn1C)CC(C)C(=O)O. The van der Waals surface area contributed by atoms with E-state index in [4.69, 9.17) is 5.11 Å². The number of aromatic nitrogens is 3. The zero-order chi connectivity index (χ0) is 12.1. The Balaban J connectivity index is 2.56. The molecule has 0 aromatic carbocycles. The number of hydrogen-bond donors (Lipinski definition) is 1. The summed E-state index contributed by atoms with van der Waals surface area (Å²) < 4.78 is 1.70. The van der Waals surface area contributed by atoms with Gasteiger partial charge in [-0.2, -0.15) is 5.10 Å². The molecule has 0 aliphatic heterocycles. The second kappa shape index (κ2) is 5.60. The maximum absolute atomic E-state index is 10.8. The highest BCUT2D eigenvalue weighted by molar-refractivity contribution is 5.69. The van der Waals surface area contributed by atoms with Gasteiger partial charge in [0, 0.05) is 13.6 Å². The first-order chi connectivity index (χ1) is 7.54. The maximum atomic E-state index is 10.8. The molecule has 0 fully saturated rings. The van der Waals surface area contributed by atoms with E-state index < -0.39 is 5.97 Å². The molecule has 0 aliphatic rings. The number of aliphatic carboxylic acids is 1. The van der Waals surface area contributed by atoms with Crippen LogP contribution in [0.3, 0.4) is 0 Å². The van der Waals surface area contributed by atoms with E-state index in [2.05, 4.69) is 10.1 Å². The molecule has 1 aromatic heterocycles. The van der Waals surface area contributed by atoms with Crippen molar-refractivity contribution >= 4 is 5.97 Å². The minimum atomic E-state index is -0.767. The number of carbonyl (C=O) groups is 1. The van der Waals surface area contributed by atoms with Crippen molar-refractivity contribution in [3.05, 3.63) is 12.2 Å². The van der Waals surface area contributed by atoms with Crippen molar-refractivity contribution < 1.29 is 9.90 Å². The van der Waals surface area contributed by atoms with Gasteiger partial charge in [0.25, 0.3) is 0 Å². The number of rotatable bonds is 6. The van der Waals surface area contributed by atoms with Crippen LogP contribution >= 0.6 is 0 Å². The highest BCUT2D eigenvalue weighted by Gasteiger charge is 2.16. The Morgan fingerprint density at radius 2 is 2.38 bits per heavy atom. The van der Waals surface area contributed by atoms with Crippen LogP contribution in [-0.4, -0.2) is 43.8 Å². The van der Waals surface area contributed by atoms with Crippen LogP contribution in [0.4, 0.5) is 0 Å². The van der Waals surface area contributed by atoms with Crippen molar-refractivity contribution in [2.45, 2.75) is 20.4 Å². The Hall–Kier alpha value is -1.43. The molecule has 1 atom stereocenters. The molecule has 0 spiro atoms. The van der Waals surface area contributed by atoms with Crippen LogP contribution in [0.5, 0.6) is 0 Å². The summed E-state index contributed by atoms with van der Waals surface area (Å²) in [4.78, 5) is 16.9. The lowest BCUT2D eigenvalue weighted by molar-refractivity contribution is -0.141. The van der Waals surface area contributed by atoms with E-state index in [0.29, 0.717) is 13.1 Å². The molecule has 90 valence electrons. The Labute approximate surface area is 94.9 Å². The summed E-state index contributed by atoms with van der Waals surface area (Å²) in [7, 11) is 1.83. The number of nitrogens with zero attached hydrogens (tertiary/aromatic N) is 4. The van der Waals surface area contributed by atoms with Crippen molar-refractivity contribution in [2.75, 3.05) is 13.1 Å². The standard InChI is InChI=1S/C10H18N4O2/c1-4-14(5-8(2)10(15)16)6-9-11-7-12-13(9)3/h7-8H,4-6H2,1-3H3,(H,15,16). The number of hydrogen-bond acceptors (Lipinski definition) is 4. The first-order valence-corrected chi connectivity index (χ1v) is 5.32. The van der Waals surface area contributed by atoms with Gasteiger partial charge in [0.2, 0.25) is 0 Å². The van der Waals surface area contributed by atoms with E-state index in [-0.39, 0.29) is 5.92 Å². The van der Waals surface area contributed by atoms with Crippen LogP contribution < -0.4 is 0 Å². The second-order valence-corrected chi connectivity index (χ2v) is 3.87. The van der Waals surface area contributed by atoms with Crippen molar-refractivity contribution in [2.24, 2.45) is 13.0 Å². The van der Waals surface area contributed by atoms with Gasteiger partial charge in [0.15, 0.2) is 0 Å². The summed E-state index contributed by atoms with van der Waals surface area (Å²) in [6.07, 6.45) is 1.50. The fourth-order valence-electron chi connectivity index (χ4n) is 1.43. The molecule has 1 rings (SSSR count). The van der Waals surface area contributed by atoms with Crippen molar-refractivity contribution in [1.82, 2.24) is 19.7 Å². The van der Waals surface area contributed by atoms with E-state index in [1.165, 1.54) is 6.33 Å². The smallest absolute Gasteiger partial charge is 0.307 e. The molecule has 0 radical (unpaired) electrons. The fourth-order valence-corrected chi connectivity index (χ4v) is 1.43. The van der Waals surface area contributed by atoms with Gasteiger partial charge in [-0.3, -0.25) is 14.4 Å². The molecule has 1 N–H and O–H groups in total. The zero-order valence-corrected chi connectivity index (χ0v) is 9.92. The van der Waals surface area contributed by atoms with Gasteiger partial charge in [0.1, 0.15) is 12.2 Å². The average molecular weight is 226 g/mol. The van der Waals surface area contributed by atoms with E-state index in [1.54, 1.807) is 11.6 Å². The maximum Gasteiger partial charge on any atom is 0.307 e. The zero-order valence-electron chi connectivity index (χ0n) is 9.92. The summed E-state index contributed by atoms with van der Waals surface area (Å²) in [6, 6.07) is 0. The van der Waals surface area contributed by atoms with Crippen molar-refractivity contribution in [3.63, 3.8) is 0 Å². The first-order valence-electron chi connectivity index (χ1n) is 5.32. The molecule has 0 bridgehead atoms. The van der Waals surface area contributed by atoms with Crippen molar-refractivity contribution in [1.29, 1.82) is 0 Å². The molecule has 0 saturated carbocycles. The molecule has 1 heterocycles. The second-order valence-electron chi connectivity index (χ2n) is 3.87. The molecule has 0 aliphatic carbocycles. The van der Waals surface area contributed by atoms with Crippen LogP contribution in [0.25, 0.3) is 0 Å². The third kappa shape index (κ3) is 3.30. The minimum Gasteiger partial charge on any atom is -0.481 e. The average Bonchev–Trinajstić information content (AvgIpc) is 2.63. The summed E-state index contributed by atoms with van der Waals surface area (Å²) in [6.45, 7) is 5.67. The number of aryl methyl sites for hydroxylation is 1. The number of carboxylic acid groups (broad SMARTS) is 1. The molecule has 0 amide bonds. The summed E-state index contributed by atoms with van der Waals surface area (Å²) >= 11 is 0. The van der Waals surface area contributed by atoms with E-state index in [9.17, 15) is 4.79 Å². The minimum absolute atomic E-state index is 0.367. The molecule has 1 unspecified atom stereocenters. The fraction of sp³-hybridized carbons (Fsp3) is 0.700. The summed E-state index contributed by atoms with van der Waals surface area (Å²) in [5, 5.41) is 12.8. The van der Waals surface area contributed by atoms with E-state index >= 15 is 0 Å². The van der Waals surface area contributed by atoms with Gasteiger partial charge in [-0.25, -0.2) is 4.98 Å². The molecular weight excluding hydrogens is 208 g/mol. The van der Waals surface area contributed by atoms with Crippen LogP contribution in [0.15, 0.2) is 6.33 Å². The van der Waals surface area contributed by atoms with Crippen LogP contribution in [-0.2, 0) is 18.4 Å². The third-order valence-corrected chi connectivity index (χ3v) is 2.57. The highest BCUT2D eigenvalue weighted by atomic mass is 16.4. The summed E-state index contributed by atoms with van der Waals surface area (Å²) in [5.74, 6) is -0.288. The quantitative estimate of drug-likeness (QED) is 0.758. The lowest BCUT2D eigenvalue weighted by Gasteiger charge is -2.21. The monoisotopic (exact) mass is 226 g/mol. The molecule has 6 nitrogen and oxygen atoms in total. The molecule has 0 saturated heterocycles. The van der Waals surface area contributed by atoms with Crippen LogP contribution in [0.2, 0.25) is 0 Å². The summed E-state index contributed by atoms with van der Waals surface area (Å²) in [5.41, 5.74) is 0. The van der Waals surface area contributed by atoms with Gasteiger partial charge < -0.3 is 5.11 Å². The Kier molecular flexibility index (Phi) is 4.42. The largest absolute Gasteiger partial charge is 0.481 e. The predicted octanol–water partition coefficient (Wildman–Crippen LogP) is 0.358. The van der Waals surface area contributed by atoms with Gasteiger partial charge in [-0.05, 0) is 6.54 Å². The van der Waals surface area contributed by atoms with Gasteiger partial charge in [-0.1, -0.05) is 13.8 Å². The predicted molar refractivity (Wildman–Crippen MR) is 58.8 cm³/mol. The first kappa shape index (κ1) is 12.6. The number of carboxylic acids is 1. The van der Waals surface area contributed by atoms with Gasteiger partial charge >= 0.3 is 5.97 Å². The highest BCUT2D eigenvalue weighted by Crippen LogP contribution is 2.04. The molecular formula is C10H18N4O2. The van der Waals surface area contributed by atoms with Crippen molar-refractivity contribution in [3.8, 4) is 0 Å². The van der Waals surface area contributed by atoms with Crippen LogP contribution in [0, 0.1) is 5.92 Å². The van der Waals surface area contributed by atoms with E-state index in [1.807, 2.05) is 18.9 Å². The Morgan fingerprint density at radius 3 is 2.81 bits per heavy atom. The van der Waals surface area contributed by atoms with Crippen LogP contribution in [0.1, 0.15) is 19.7 Å².